The summed E-state index contributed by atoms with van der Waals surface area (Å²) < 4.78 is 42.1. The third-order valence-corrected chi connectivity index (χ3v) is 9.31. The number of ether oxygens (including phenoxy) is 2. The van der Waals surface area contributed by atoms with Crippen LogP contribution in [0, 0.1) is 6.92 Å². The zero-order chi connectivity index (χ0) is 32.8. The van der Waals surface area contributed by atoms with Crippen LogP contribution in [0.2, 0.25) is 0 Å². The van der Waals surface area contributed by atoms with Crippen LogP contribution in [-0.2, 0) is 31.0 Å². The molecule has 0 bridgehead atoms. The maximum absolute atomic E-state index is 13.2. The Labute approximate surface area is 274 Å². The van der Waals surface area contributed by atoms with Gasteiger partial charge in [-0.05, 0) is 64.6 Å². The highest BCUT2D eigenvalue weighted by atomic mass is 32.2. The molecule has 5 aromatic carbocycles. The molecule has 0 aliphatic heterocycles. The second-order valence-corrected chi connectivity index (χ2v) is 12.8. The number of hydrogen-bond donors (Lipinski definition) is 1. The smallest absolute Gasteiger partial charge is 0.407 e. The van der Waals surface area contributed by atoms with Gasteiger partial charge in [-0.1, -0.05) is 109 Å². The minimum Gasteiger partial charge on any atom is -0.461 e. The van der Waals surface area contributed by atoms with E-state index in [9.17, 15) is 18.0 Å². The molecule has 0 fully saturated rings. The second-order valence-electron chi connectivity index (χ2n) is 11.3. The zero-order valence-electron chi connectivity index (χ0n) is 25.7. The topological polar surface area (TPSA) is 108 Å². The predicted octanol–water partition coefficient (Wildman–Crippen LogP) is 7.48. The highest BCUT2D eigenvalue weighted by Gasteiger charge is 2.30. The molecule has 9 heteroatoms. The lowest BCUT2D eigenvalue weighted by Crippen LogP contribution is -2.32. The minimum absolute atomic E-state index is 0.0307. The first kappa shape index (κ1) is 31.6. The van der Waals surface area contributed by atoms with E-state index in [1.54, 1.807) is 24.3 Å². The van der Waals surface area contributed by atoms with Crippen molar-refractivity contribution in [3.8, 4) is 16.9 Å². The van der Waals surface area contributed by atoms with Gasteiger partial charge in [0.1, 0.15) is 23.9 Å². The highest BCUT2D eigenvalue weighted by Crippen LogP contribution is 2.44. The zero-order valence-corrected chi connectivity index (χ0v) is 26.5. The van der Waals surface area contributed by atoms with Crippen molar-refractivity contribution in [1.29, 1.82) is 0 Å². The number of nitrogens with one attached hydrogen (secondary N) is 1. The Morgan fingerprint density at radius 1 is 0.723 bits per heavy atom. The maximum Gasteiger partial charge on any atom is 0.407 e. The summed E-state index contributed by atoms with van der Waals surface area (Å²) in [5.74, 6) is -0.574. The predicted molar refractivity (Wildman–Crippen MR) is 177 cm³/mol. The van der Waals surface area contributed by atoms with Crippen LogP contribution in [-0.4, -0.2) is 27.1 Å². The summed E-state index contributed by atoms with van der Waals surface area (Å²) in [4.78, 5) is 26.2. The fourth-order valence-electron chi connectivity index (χ4n) is 5.63. The number of esters is 1. The molecule has 0 saturated heterocycles. The number of carbonyl (C=O) groups is 2. The van der Waals surface area contributed by atoms with Gasteiger partial charge in [0, 0.05) is 5.92 Å². The van der Waals surface area contributed by atoms with Crippen LogP contribution in [0.15, 0.2) is 132 Å². The molecule has 0 radical (unpaired) electrons. The molecule has 8 nitrogen and oxygen atoms in total. The van der Waals surface area contributed by atoms with Gasteiger partial charge in [-0.3, -0.25) is 4.79 Å². The third-order valence-electron chi connectivity index (χ3n) is 8.05. The molecule has 6 rings (SSSR count). The summed E-state index contributed by atoms with van der Waals surface area (Å²) in [6.45, 7) is 2.05. The summed E-state index contributed by atoms with van der Waals surface area (Å²) in [6, 6.07) is 37.0. The molecular weight excluding hydrogens is 614 g/mol. The summed E-state index contributed by atoms with van der Waals surface area (Å²) in [5, 5.41) is 2.81. The molecule has 1 N–H and O–H groups in total. The largest absolute Gasteiger partial charge is 0.461 e. The first-order valence-corrected chi connectivity index (χ1v) is 16.6. The van der Waals surface area contributed by atoms with Crippen molar-refractivity contribution in [2.75, 3.05) is 6.61 Å². The van der Waals surface area contributed by atoms with Gasteiger partial charge in [0.15, 0.2) is 0 Å². The minimum atomic E-state index is -4.06. The fourth-order valence-corrected chi connectivity index (χ4v) is 6.56. The molecule has 0 spiro atoms. The Kier molecular flexibility index (Phi) is 9.35. The molecule has 0 heterocycles. The van der Waals surface area contributed by atoms with Gasteiger partial charge in [-0.15, -0.1) is 0 Å². The van der Waals surface area contributed by atoms with E-state index in [1.165, 1.54) is 24.3 Å². The van der Waals surface area contributed by atoms with E-state index in [2.05, 4.69) is 17.4 Å². The van der Waals surface area contributed by atoms with Gasteiger partial charge in [0.05, 0.1) is 12.5 Å². The van der Waals surface area contributed by atoms with Crippen molar-refractivity contribution in [3.63, 3.8) is 0 Å². The summed E-state index contributed by atoms with van der Waals surface area (Å²) in [6.07, 6.45) is -0.881. The van der Waals surface area contributed by atoms with Gasteiger partial charge in [-0.25, -0.2) is 4.79 Å². The van der Waals surface area contributed by atoms with E-state index >= 15 is 0 Å². The number of fused-ring (bicyclic) bond motifs is 3. The number of alkyl carbamates (subject to hydrolysis) is 1. The molecule has 5 aromatic rings. The summed E-state index contributed by atoms with van der Waals surface area (Å²) >= 11 is 0. The Hall–Kier alpha value is -5.41. The van der Waals surface area contributed by atoms with E-state index in [0.29, 0.717) is 5.56 Å². The van der Waals surface area contributed by atoms with Crippen molar-refractivity contribution in [3.05, 3.63) is 155 Å². The second kappa shape index (κ2) is 13.9. The van der Waals surface area contributed by atoms with Gasteiger partial charge in [0.25, 0.3) is 0 Å². The average Bonchev–Trinajstić information content (AvgIpc) is 3.40. The number of rotatable bonds is 11. The Balaban J connectivity index is 1.16. The van der Waals surface area contributed by atoms with Crippen LogP contribution in [0.1, 0.15) is 46.2 Å². The van der Waals surface area contributed by atoms with Gasteiger partial charge < -0.3 is 19.0 Å². The lowest BCUT2D eigenvalue weighted by Gasteiger charge is -2.20. The van der Waals surface area contributed by atoms with E-state index in [1.807, 2.05) is 73.7 Å². The normalized spacial score (nSPS) is 12.8. The molecule has 238 valence electrons. The van der Waals surface area contributed by atoms with E-state index in [0.717, 1.165) is 33.4 Å². The quantitative estimate of drug-likeness (QED) is 0.117. The standard InChI is InChI=1S/C38H33NO7S/c1-26-15-21-30(22-16-26)47(42,43)46-29-19-17-28(18-20-29)36(23-37(40)44-24-27-9-3-2-4-10-27)39-38(41)45-25-35-33-13-7-5-11-31(33)32-12-6-8-14-34(32)35/h2-22,35-36H,23-25H2,1H3,(H,39,41). The van der Waals surface area contributed by atoms with Crippen molar-refractivity contribution in [2.24, 2.45) is 0 Å². The number of amides is 1. The SMILES string of the molecule is Cc1ccc(S(=O)(=O)Oc2ccc(C(CC(=O)OCc3ccccc3)NC(=O)OCC3c4ccccc4-c4ccccc43)cc2)cc1. The Bertz CT molecular complexity index is 1930. The lowest BCUT2D eigenvalue weighted by molar-refractivity contribution is -0.145. The Morgan fingerprint density at radius 2 is 1.32 bits per heavy atom. The van der Waals surface area contributed by atoms with E-state index < -0.39 is 28.2 Å². The van der Waals surface area contributed by atoms with Crippen molar-refractivity contribution in [2.45, 2.75) is 36.8 Å². The molecule has 1 atom stereocenters. The maximum atomic E-state index is 13.2. The molecule has 1 aliphatic carbocycles. The molecule has 0 saturated carbocycles. The average molecular weight is 648 g/mol. The number of carbonyl (C=O) groups excluding carboxylic acids is 2. The van der Waals surface area contributed by atoms with Crippen molar-refractivity contribution < 1.29 is 31.7 Å². The lowest BCUT2D eigenvalue weighted by atomic mass is 9.98. The van der Waals surface area contributed by atoms with Gasteiger partial charge in [0.2, 0.25) is 0 Å². The first-order valence-electron chi connectivity index (χ1n) is 15.2. The molecule has 1 amide bonds. The van der Waals surface area contributed by atoms with Crippen LogP contribution in [0.5, 0.6) is 5.75 Å². The molecule has 1 aliphatic rings. The van der Waals surface area contributed by atoms with Crippen molar-refractivity contribution >= 4 is 22.2 Å². The van der Waals surface area contributed by atoms with Crippen LogP contribution >= 0.6 is 0 Å². The van der Waals surface area contributed by atoms with E-state index in [4.69, 9.17) is 13.7 Å². The third kappa shape index (κ3) is 7.53. The number of benzene rings is 5. The van der Waals surface area contributed by atoms with Gasteiger partial charge >= 0.3 is 22.2 Å². The van der Waals surface area contributed by atoms with Gasteiger partial charge in [-0.2, -0.15) is 8.42 Å². The molecular formula is C38H33NO7S. The summed E-state index contributed by atoms with van der Waals surface area (Å²) in [7, 11) is -4.06. The van der Waals surface area contributed by atoms with Crippen LogP contribution < -0.4 is 9.50 Å². The Morgan fingerprint density at radius 3 is 1.96 bits per heavy atom. The first-order chi connectivity index (χ1) is 22.8. The van der Waals surface area contributed by atoms with Crippen molar-refractivity contribution in [1.82, 2.24) is 5.32 Å². The number of hydrogen-bond acceptors (Lipinski definition) is 7. The molecule has 0 aromatic heterocycles. The van der Waals surface area contributed by atoms with Crippen LogP contribution in [0.4, 0.5) is 4.79 Å². The molecule has 47 heavy (non-hydrogen) atoms. The molecule has 1 unspecified atom stereocenters. The summed E-state index contributed by atoms with van der Waals surface area (Å²) in [5.41, 5.74) is 6.68. The monoisotopic (exact) mass is 647 g/mol. The van der Waals surface area contributed by atoms with E-state index in [-0.39, 0.29) is 36.2 Å². The number of aryl methyl sites for hydroxylation is 1. The van der Waals surface area contributed by atoms with Crippen LogP contribution in [0.3, 0.4) is 0 Å². The highest BCUT2D eigenvalue weighted by molar-refractivity contribution is 7.87. The fraction of sp³-hybridized carbons (Fsp3) is 0.158. The van der Waals surface area contributed by atoms with Crippen LogP contribution in [0.25, 0.3) is 11.1 Å².